The van der Waals surface area contributed by atoms with Crippen LogP contribution >= 0.6 is 0 Å². The second-order valence-electron chi connectivity index (χ2n) is 11.0. The molecule has 0 N–H and O–H groups in total. The molecule has 1 saturated carbocycles. The minimum absolute atomic E-state index is 0.208. The Labute approximate surface area is 242 Å². The van der Waals surface area contributed by atoms with Gasteiger partial charge in [0.15, 0.2) is 0 Å². The van der Waals surface area contributed by atoms with Crippen molar-refractivity contribution in [2.45, 2.75) is 130 Å². The first-order valence-electron chi connectivity index (χ1n) is 16.1. The highest BCUT2D eigenvalue weighted by Crippen LogP contribution is 2.49. The quantitative estimate of drug-likeness (QED) is 0.0699. The number of rotatable bonds is 24. The summed E-state index contributed by atoms with van der Waals surface area (Å²) in [6.45, 7) is 9.22. The van der Waals surface area contributed by atoms with Crippen LogP contribution in [-0.4, -0.2) is 50.3 Å². The summed E-state index contributed by atoms with van der Waals surface area (Å²) in [5, 5.41) is 0. The van der Waals surface area contributed by atoms with Crippen molar-refractivity contribution in [3.05, 3.63) is 0 Å². The van der Waals surface area contributed by atoms with Gasteiger partial charge in [-0.1, -0.05) is 105 Å². The molecule has 232 valence electrons. The molecule has 0 unspecified atom stereocenters. The summed E-state index contributed by atoms with van der Waals surface area (Å²) in [5.74, 6) is -7.06. The Bertz CT molecular complexity index is 594. The van der Waals surface area contributed by atoms with Crippen molar-refractivity contribution in [1.82, 2.24) is 0 Å². The highest BCUT2D eigenvalue weighted by molar-refractivity contribution is 5.97. The zero-order valence-electron chi connectivity index (χ0n) is 25.7. The van der Waals surface area contributed by atoms with Gasteiger partial charge in [0.1, 0.15) is 0 Å². The SMILES string of the molecule is CCCCCCOC(=O)C1C(C(=O)OCCCCCC)C(C(=O)OCCCCCC)C1C(=O)OCCCCCC. The van der Waals surface area contributed by atoms with E-state index in [1.165, 1.54) is 0 Å². The lowest BCUT2D eigenvalue weighted by Gasteiger charge is -2.45. The van der Waals surface area contributed by atoms with Crippen LogP contribution in [0.1, 0.15) is 130 Å². The Hall–Kier alpha value is -2.12. The number of hydrogen-bond donors (Lipinski definition) is 0. The average Bonchev–Trinajstić information content (AvgIpc) is 2.92. The second-order valence-corrected chi connectivity index (χ2v) is 11.0. The Morgan fingerprint density at radius 2 is 0.550 bits per heavy atom. The van der Waals surface area contributed by atoms with Crippen molar-refractivity contribution in [3.63, 3.8) is 0 Å². The van der Waals surface area contributed by atoms with Crippen LogP contribution in [0.5, 0.6) is 0 Å². The molecule has 8 nitrogen and oxygen atoms in total. The van der Waals surface area contributed by atoms with E-state index in [1.807, 2.05) is 0 Å². The van der Waals surface area contributed by atoms with E-state index >= 15 is 0 Å². The lowest BCUT2D eigenvalue weighted by Crippen LogP contribution is -2.61. The third-order valence-electron chi connectivity index (χ3n) is 7.61. The molecular weight excluding hydrogens is 512 g/mol. The summed E-state index contributed by atoms with van der Waals surface area (Å²) in [6, 6.07) is 0. The van der Waals surface area contributed by atoms with Gasteiger partial charge in [0.2, 0.25) is 0 Å². The van der Waals surface area contributed by atoms with Crippen LogP contribution in [0.4, 0.5) is 0 Å². The lowest BCUT2D eigenvalue weighted by atomic mass is 9.56. The number of ether oxygens (including phenoxy) is 4. The third kappa shape index (κ3) is 13.0. The van der Waals surface area contributed by atoms with Crippen molar-refractivity contribution in [1.29, 1.82) is 0 Å². The number of carbonyl (C=O) groups excluding carboxylic acids is 4. The van der Waals surface area contributed by atoms with Crippen molar-refractivity contribution < 1.29 is 38.1 Å². The zero-order valence-corrected chi connectivity index (χ0v) is 25.7. The summed E-state index contributed by atoms with van der Waals surface area (Å²) in [5.41, 5.74) is 0. The molecule has 8 heteroatoms. The Morgan fingerprint density at radius 1 is 0.350 bits per heavy atom. The molecule has 0 spiro atoms. The largest absolute Gasteiger partial charge is 0.465 e. The molecule has 0 amide bonds. The zero-order chi connectivity index (χ0) is 29.6. The highest BCUT2D eigenvalue weighted by Gasteiger charge is 2.66. The summed E-state index contributed by atoms with van der Waals surface area (Å²) in [4.78, 5) is 52.9. The van der Waals surface area contributed by atoms with Crippen molar-refractivity contribution in [2.24, 2.45) is 23.7 Å². The minimum atomic E-state index is -1.12. The second kappa shape index (κ2) is 22.6. The fraction of sp³-hybridized carbons (Fsp3) is 0.875. The topological polar surface area (TPSA) is 105 Å². The third-order valence-corrected chi connectivity index (χ3v) is 7.61. The molecule has 1 fully saturated rings. The predicted octanol–water partition coefficient (Wildman–Crippen LogP) is 6.96. The van der Waals surface area contributed by atoms with Gasteiger partial charge in [-0.25, -0.2) is 0 Å². The maximum atomic E-state index is 13.2. The monoisotopic (exact) mass is 568 g/mol. The van der Waals surface area contributed by atoms with E-state index in [-0.39, 0.29) is 26.4 Å². The van der Waals surface area contributed by atoms with E-state index in [9.17, 15) is 19.2 Å². The molecule has 0 saturated heterocycles. The van der Waals surface area contributed by atoms with Gasteiger partial charge in [0.05, 0.1) is 50.1 Å². The van der Waals surface area contributed by atoms with Crippen LogP contribution in [0, 0.1) is 23.7 Å². The Morgan fingerprint density at radius 3 is 0.725 bits per heavy atom. The fourth-order valence-electron chi connectivity index (χ4n) is 5.11. The molecule has 40 heavy (non-hydrogen) atoms. The highest BCUT2D eigenvalue weighted by atomic mass is 16.6. The summed E-state index contributed by atoms with van der Waals surface area (Å²) < 4.78 is 22.1. The van der Waals surface area contributed by atoms with Gasteiger partial charge in [-0.15, -0.1) is 0 Å². The van der Waals surface area contributed by atoms with Gasteiger partial charge in [-0.3, -0.25) is 19.2 Å². The Kier molecular flexibility index (Phi) is 20.2. The first-order chi connectivity index (χ1) is 19.4. The van der Waals surface area contributed by atoms with Crippen molar-refractivity contribution in [2.75, 3.05) is 26.4 Å². The van der Waals surface area contributed by atoms with Gasteiger partial charge in [0, 0.05) is 0 Å². The molecule has 0 atom stereocenters. The van der Waals surface area contributed by atoms with Crippen LogP contribution < -0.4 is 0 Å². The number of hydrogen-bond acceptors (Lipinski definition) is 8. The van der Waals surface area contributed by atoms with Crippen molar-refractivity contribution in [3.8, 4) is 0 Å². The smallest absolute Gasteiger partial charge is 0.310 e. The van der Waals surface area contributed by atoms with Crippen LogP contribution in [0.15, 0.2) is 0 Å². The molecule has 1 aliphatic carbocycles. The summed E-state index contributed by atoms with van der Waals surface area (Å²) >= 11 is 0. The maximum Gasteiger partial charge on any atom is 0.310 e. The molecule has 1 aliphatic rings. The van der Waals surface area contributed by atoms with E-state index < -0.39 is 47.5 Å². The predicted molar refractivity (Wildman–Crippen MR) is 154 cm³/mol. The first kappa shape index (κ1) is 35.9. The molecule has 0 bridgehead atoms. The standard InChI is InChI=1S/C32H56O8/c1-5-9-13-17-21-37-29(33)25-26(30(34)38-22-18-14-10-6-2)28(32(36)40-24-20-16-12-8-4)27(25)31(35)39-23-19-15-11-7-3/h25-28H,5-24H2,1-4H3. The summed E-state index contributed by atoms with van der Waals surface area (Å²) in [7, 11) is 0. The first-order valence-corrected chi connectivity index (χ1v) is 16.1. The van der Waals surface area contributed by atoms with E-state index in [0.717, 1.165) is 77.0 Å². The van der Waals surface area contributed by atoms with Crippen LogP contribution in [-0.2, 0) is 38.1 Å². The molecule has 0 aromatic heterocycles. The van der Waals surface area contributed by atoms with Crippen LogP contribution in [0.2, 0.25) is 0 Å². The fourth-order valence-corrected chi connectivity index (χ4v) is 5.11. The van der Waals surface area contributed by atoms with Crippen molar-refractivity contribution >= 4 is 23.9 Å². The van der Waals surface area contributed by atoms with Crippen LogP contribution in [0.25, 0.3) is 0 Å². The molecule has 1 rings (SSSR count). The van der Waals surface area contributed by atoms with Crippen LogP contribution in [0.3, 0.4) is 0 Å². The lowest BCUT2D eigenvalue weighted by molar-refractivity contribution is -0.200. The normalized spacial score (nSPS) is 19.9. The van der Waals surface area contributed by atoms with E-state index in [0.29, 0.717) is 25.7 Å². The maximum absolute atomic E-state index is 13.2. The molecule has 0 heterocycles. The number of esters is 4. The minimum Gasteiger partial charge on any atom is -0.465 e. The molecule has 0 aliphatic heterocycles. The van der Waals surface area contributed by atoms with E-state index in [1.54, 1.807) is 0 Å². The molecule has 0 aromatic rings. The van der Waals surface area contributed by atoms with Gasteiger partial charge in [0.25, 0.3) is 0 Å². The van der Waals surface area contributed by atoms with E-state index in [4.69, 9.17) is 18.9 Å². The van der Waals surface area contributed by atoms with Gasteiger partial charge >= 0.3 is 23.9 Å². The molecule has 0 aromatic carbocycles. The Balaban J connectivity index is 3.03. The van der Waals surface area contributed by atoms with E-state index in [2.05, 4.69) is 27.7 Å². The number of unbranched alkanes of at least 4 members (excludes halogenated alkanes) is 12. The van der Waals surface area contributed by atoms with Gasteiger partial charge in [-0.2, -0.15) is 0 Å². The number of carbonyl (C=O) groups is 4. The van der Waals surface area contributed by atoms with Gasteiger partial charge < -0.3 is 18.9 Å². The average molecular weight is 569 g/mol. The molecular formula is C32H56O8. The summed E-state index contributed by atoms with van der Waals surface area (Å²) in [6.07, 6.45) is 14.9. The van der Waals surface area contributed by atoms with Gasteiger partial charge in [-0.05, 0) is 25.7 Å². The molecule has 0 radical (unpaired) electrons.